The van der Waals surface area contributed by atoms with Crippen LogP contribution >= 0.6 is 23.2 Å². The number of nitrogens with zero attached hydrogens (tertiary/aromatic N) is 2. The van der Waals surface area contributed by atoms with Gasteiger partial charge in [0.1, 0.15) is 5.15 Å². The van der Waals surface area contributed by atoms with Gasteiger partial charge in [-0.3, -0.25) is 0 Å². The first kappa shape index (κ1) is 9.69. The Kier molecular flexibility index (Phi) is 2.57. The van der Waals surface area contributed by atoms with Crippen molar-refractivity contribution in [2.75, 3.05) is 0 Å². The normalized spacial score (nSPS) is 10.8. The van der Waals surface area contributed by atoms with E-state index in [2.05, 4.69) is 9.97 Å². The molecule has 0 bridgehead atoms. The fourth-order valence-electron chi connectivity index (χ4n) is 1.27. The number of halogens is 2. The SMILES string of the molecule is CCc1cc(Cl)c2ccc(Cl)nc2n1. The van der Waals surface area contributed by atoms with Crippen LogP contribution in [0.3, 0.4) is 0 Å². The molecule has 14 heavy (non-hydrogen) atoms. The fraction of sp³-hybridized carbons (Fsp3) is 0.200. The lowest BCUT2D eigenvalue weighted by Gasteiger charge is -2.02. The maximum Gasteiger partial charge on any atom is 0.162 e. The van der Waals surface area contributed by atoms with Gasteiger partial charge in [0.2, 0.25) is 0 Å². The van der Waals surface area contributed by atoms with E-state index in [4.69, 9.17) is 23.2 Å². The summed E-state index contributed by atoms with van der Waals surface area (Å²) in [7, 11) is 0. The highest BCUT2D eigenvalue weighted by Gasteiger charge is 2.04. The molecule has 0 saturated heterocycles. The first-order valence-electron chi connectivity index (χ1n) is 4.32. The van der Waals surface area contributed by atoms with Gasteiger partial charge in [-0.2, -0.15) is 0 Å². The van der Waals surface area contributed by atoms with Gasteiger partial charge in [-0.15, -0.1) is 0 Å². The third-order valence-corrected chi connectivity index (χ3v) is 2.53. The van der Waals surface area contributed by atoms with Crippen LogP contribution in [0.4, 0.5) is 0 Å². The van der Waals surface area contributed by atoms with Crippen molar-refractivity contribution in [1.82, 2.24) is 9.97 Å². The van der Waals surface area contributed by atoms with Crippen molar-refractivity contribution in [3.63, 3.8) is 0 Å². The predicted molar refractivity (Wildman–Crippen MR) is 58.9 cm³/mol. The minimum Gasteiger partial charge on any atom is -0.233 e. The molecule has 0 amide bonds. The van der Waals surface area contributed by atoms with E-state index in [1.54, 1.807) is 6.07 Å². The molecule has 0 aliphatic carbocycles. The molecule has 2 aromatic rings. The molecule has 2 nitrogen and oxygen atoms in total. The summed E-state index contributed by atoms with van der Waals surface area (Å²) in [6, 6.07) is 5.40. The van der Waals surface area contributed by atoms with Crippen LogP contribution in [-0.2, 0) is 6.42 Å². The molecule has 0 aromatic carbocycles. The topological polar surface area (TPSA) is 25.8 Å². The molecule has 2 rings (SSSR count). The Bertz CT molecular complexity index is 483. The van der Waals surface area contributed by atoms with Gasteiger partial charge in [0.15, 0.2) is 5.65 Å². The molecule has 0 saturated carbocycles. The zero-order chi connectivity index (χ0) is 10.1. The van der Waals surface area contributed by atoms with Crippen LogP contribution in [-0.4, -0.2) is 9.97 Å². The second-order valence-electron chi connectivity index (χ2n) is 2.95. The van der Waals surface area contributed by atoms with Gasteiger partial charge in [-0.1, -0.05) is 30.1 Å². The Morgan fingerprint density at radius 1 is 1.21 bits per heavy atom. The summed E-state index contributed by atoms with van der Waals surface area (Å²) in [6.07, 6.45) is 0.837. The quantitative estimate of drug-likeness (QED) is 0.696. The number of hydrogen-bond acceptors (Lipinski definition) is 2. The molecular formula is C10H8Cl2N2. The van der Waals surface area contributed by atoms with E-state index in [-0.39, 0.29) is 0 Å². The Morgan fingerprint density at radius 2 is 2.00 bits per heavy atom. The Morgan fingerprint density at radius 3 is 2.71 bits per heavy atom. The number of hydrogen-bond donors (Lipinski definition) is 0. The van der Waals surface area contributed by atoms with Gasteiger partial charge in [-0.25, -0.2) is 9.97 Å². The van der Waals surface area contributed by atoms with Crippen LogP contribution in [0.1, 0.15) is 12.6 Å². The van der Waals surface area contributed by atoms with Gasteiger partial charge in [0.25, 0.3) is 0 Å². The first-order chi connectivity index (χ1) is 6.70. The zero-order valence-corrected chi connectivity index (χ0v) is 9.10. The molecule has 0 aliphatic rings. The van der Waals surface area contributed by atoms with Crippen molar-refractivity contribution in [3.8, 4) is 0 Å². The van der Waals surface area contributed by atoms with E-state index in [1.807, 2.05) is 19.1 Å². The Labute approximate surface area is 91.9 Å². The average molecular weight is 227 g/mol. The number of fused-ring (bicyclic) bond motifs is 1. The summed E-state index contributed by atoms with van der Waals surface area (Å²) in [6.45, 7) is 2.02. The molecule has 2 aromatic heterocycles. The molecule has 4 heteroatoms. The van der Waals surface area contributed by atoms with Crippen molar-refractivity contribution < 1.29 is 0 Å². The van der Waals surface area contributed by atoms with Crippen LogP contribution in [0.15, 0.2) is 18.2 Å². The zero-order valence-electron chi connectivity index (χ0n) is 7.59. The van der Waals surface area contributed by atoms with Crippen molar-refractivity contribution in [1.29, 1.82) is 0 Å². The minimum absolute atomic E-state index is 0.439. The summed E-state index contributed by atoms with van der Waals surface area (Å²) in [5.74, 6) is 0. The molecule has 0 unspecified atom stereocenters. The third-order valence-electron chi connectivity index (χ3n) is 2.00. The monoisotopic (exact) mass is 226 g/mol. The van der Waals surface area contributed by atoms with Gasteiger partial charge in [0.05, 0.1) is 5.02 Å². The van der Waals surface area contributed by atoms with Crippen molar-refractivity contribution in [3.05, 3.63) is 34.1 Å². The minimum atomic E-state index is 0.439. The lowest BCUT2D eigenvalue weighted by Crippen LogP contribution is -1.91. The van der Waals surface area contributed by atoms with Gasteiger partial charge in [-0.05, 0) is 24.6 Å². The third kappa shape index (κ3) is 1.68. The highest BCUT2D eigenvalue weighted by molar-refractivity contribution is 6.35. The van der Waals surface area contributed by atoms with Crippen molar-refractivity contribution in [2.45, 2.75) is 13.3 Å². The predicted octanol–water partition coefficient (Wildman–Crippen LogP) is 3.50. The number of aromatic nitrogens is 2. The summed E-state index contributed by atoms with van der Waals surface area (Å²) in [5.41, 5.74) is 1.54. The van der Waals surface area contributed by atoms with Crippen LogP contribution in [0.5, 0.6) is 0 Å². The molecule has 0 radical (unpaired) electrons. The number of rotatable bonds is 1. The first-order valence-corrected chi connectivity index (χ1v) is 5.08. The summed E-state index contributed by atoms with van der Waals surface area (Å²) >= 11 is 11.8. The van der Waals surface area contributed by atoms with E-state index >= 15 is 0 Å². The maximum absolute atomic E-state index is 6.07. The summed E-state index contributed by atoms with van der Waals surface area (Å²) < 4.78 is 0. The second-order valence-corrected chi connectivity index (χ2v) is 3.75. The van der Waals surface area contributed by atoms with E-state index < -0.39 is 0 Å². The molecule has 2 heterocycles. The van der Waals surface area contributed by atoms with E-state index in [0.29, 0.717) is 15.8 Å². The molecular weight excluding hydrogens is 219 g/mol. The van der Waals surface area contributed by atoms with E-state index in [1.165, 1.54) is 0 Å². The number of pyridine rings is 2. The fourth-order valence-corrected chi connectivity index (χ4v) is 1.69. The molecule has 72 valence electrons. The second kappa shape index (κ2) is 3.71. The highest BCUT2D eigenvalue weighted by atomic mass is 35.5. The molecule has 0 N–H and O–H groups in total. The summed E-state index contributed by atoms with van der Waals surface area (Å²) in [5, 5.41) is 1.96. The average Bonchev–Trinajstić information content (AvgIpc) is 2.16. The Hall–Kier alpha value is -0.860. The smallest absolute Gasteiger partial charge is 0.162 e. The highest BCUT2D eigenvalue weighted by Crippen LogP contribution is 2.23. The van der Waals surface area contributed by atoms with Crippen LogP contribution in [0.2, 0.25) is 10.2 Å². The maximum atomic E-state index is 6.07. The largest absolute Gasteiger partial charge is 0.233 e. The Balaban J connectivity index is 2.77. The van der Waals surface area contributed by atoms with E-state index in [0.717, 1.165) is 17.5 Å². The molecule has 0 aliphatic heterocycles. The standard InChI is InChI=1S/C10H8Cl2N2/c1-2-6-5-8(11)7-3-4-9(12)14-10(7)13-6/h3-5H,2H2,1H3. The van der Waals surface area contributed by atoms with Crippen molar-refractivity contribution in [2.24, 2.45) is 0 Å². The molecule has 0 fully saturated rings. The lowest BCUT2D eigenvalue weighted by atomic mass is 10.2. The van der Waals surface area contributed by atoms with Gasteiger partial charge >= 0.3 is 0 Å². The van der Waals surface area contributed by atoms with E-state index in [9.17, 15) is 0 Å². The van der Waals surface area contributed by atoms with Gasteiger partial charge < -0.3 is 0 Å². The summed E-state index contributed by atoms with van der Waals surface area (Å²) in [4.78, 5) is 8.45. The lowest BCUT2D eigenvalue weighted by molar-refractivity contribution is 1.05. The molecule has 0 atom stereocenters. The molecule has 0 spiro atoms. The number of aryl methyl sites for hydroxylation is 1. The van der Waals surface area contributed by atoms with Crippen LogP contribution < -0.4 is 0 Å². The van der Waals surface area contributed by atoms with Crippen molar-refractivity contribution >= 4 is 34.2 Å². The van der Waals surface area contributed by atoms with Crippen LogP contribution in [0, 0.1) is 0 Å². The van der Waals surface area contributed by atoms with Crippen LogP contribution in [0.25, 0.3) is 11.0 Å². The van der Waals surface area contributed by atoms with Gasteiger partial charge in [0, 0.05) is 11.1 Å².